The summed E-state index contributed by atoms with van der Waals surface area (Å²) in [6.45, 7) is 14.2. The van der Waals surface area contributed by atoms with Crippen LogP contribution in [0.4, 0.5) is 0 Å². The highest BCUT2D eigenvalue weighted by atomic mass is 16.8. The van der Waals surface area contributed by atoms with Crippen LogP contribution in [0, 0.1) is 46.3 Å². The van der Waals surface area contributed by atoms with E-state index < -0.39 is 115 Å². The van der Waals surface area contributed by atoms with Crippen molar-refractivity contribution >= 4 is 5.97 Å². The topological polar surface area (TPSA) is 242 Å². The molecule has 63 heavy (non-hydrogen) atoms. The summed E-state index contributed by atoms with van der Waals surface area (Å²) in [5.41, 5.74) is 0.608. The first-order chi connectivity index (χ1) is 29.8. The fourth-order valence-corrected chi connectivity index (χ4v) is 14.1. The van der Waals surface area contributed by atoms with Gasteiger partial charge in [-0.05, 0) is 81.0 Å². The number of esters is 1. The SMILES string of the molecule is CC(=O)OC1CC2=CCC3C4CC5O[C@]6(CCC(C)CO6)C(C)C5[C@@]4(C)CCC3[C@@]2(C)C(OC2OC(C)C(O)C(OC3OCC(O)C(O)C3O)C2OC2OC(C)C(O)C(O)C2O)C1. The van der Waals surface area contributed by atoms with Crippen LogP contribution in [0.3, 0.4) is 0 Å². The summed E-state index contributed by atoms with van der Waals surface area (Å²) < 4.78 is 57.3. The quantitative estimate of drug-likeness (QED) is 0.141. The van der Waals surface area contributed by atoms with Crippen molar-refractivity contribution in [3.05, 3.63) is 11.6 Å². The number of rotatable bonds is 7. The van der Waals surface area contributed by atoms with E-state index in [1.165, 1.54) is 13.8 Å². The Balaban J connectivity index is 1.03. The largest absolute Gasteiger partial charge is 0.462 e. The number of hydrogen-bond acceptors (Lipinski definition) is 17. The number of allylic oxidation sites excluding steroid dienone is 1. The Morgan fingerprint density at radius 3 is 2.16 bits per heavy atom. The van der Waals surface area contributed by atoms with E-state index in [1.54, 1.807) is 6.92 Å². The van der Waals surface area contributed by atoms with Gasteiger partial charge in [0.2, 0.25) is 0 Å². The molecule has 8 fully saturated rings. The number of ether oxygens (including phenoxy) is 9. The van der Waals surface area contributed by atoms with Crippen LogP contribution >= 0.6 is 0 Å². The average Bonchev–Trinajstić information content (AvgIpc) is 3.69. The van der Waals surface area contributed by atoms with Crippen LogP contribution in [-0.2, 0) is 47.4 Å². The number of fused-ring (bicyclic) bond motifs is 7. The van der Waals surface area contributed by atoms with Crippen LogP contribution in [0.25, 0.3) is 0 Å². The molecule has 1 spiro atoms. The third kappa shape index (κ3) is 7.78. The first-order valence-electron chi connectivity index (χ1n) is 23.6. The summed E-state index contributed by atoms with van der Waals surface area (Å²) in [6.07, 6.45) is -12.3. The van der Waals surface area contributed by atoms with Crippen molar-refractivity contribution in [2.24, 2.45) is 46.3 Å². The number of aliphatic hydroxyl groups is 7. The molecule has 0 bridgehead atoms. The van der Waals surface area contributed by atoms with Crippen LogP contribution in [0.2, 0.25) is 0 Å². The Kier molecular flexibility index (Phi) is 12.8. The molecule has 3 saturated carbocycles. The summed E-state index contributed by atoms with van der Waals surface area (Å²) in [7, 11) is 0. The van der Waals surface area contributed by atoms with Crippen LogP contribution in [-0.4, -0.2) is 165 Å². The molecule has 17 nitrogen and oxygen atoms in total. The van der Waals surface area contributed by atoms with E-state index in [2.05, 4.69) is 33.8 Å². The standard InChI is InChI=1S/C46H72O17/c1-19-10-13-46(56-17-19)20(2)32-30(63-46)16-28-26-9-8-24-14-25(59-23(5)47)15-31(45(24,7)27(26)11-12-44(28,32)6)60-43-40(62-42-38(54)36(52)33(49)21(3)57-42)39(34(50)22(4)58-43)61-41-37(53)35(51)29(48)18-55-41/h8,19-22,25-43,48-54H,9-18H2,1-7H3/t19?,20?,21?,22?,25?,26?,27?,28?,29?,30?,31?,32?,33?,34?,35?,36?,37?,38?,39?,40?,41?,42?,43?,44-,45-,46+/m0/s1. The molecule has 23 unspecified atom stereocenters. The first kappa shape index (κ1) is 46.7. The van der Waals surface area contributed by atoms with Gasteiger partial charge in [-0.3, -0.25) is 4.79 Å². The molecule has 7 N–H and O–H groups in total. The molecule has 26 atom stereocenters. The predicted octanol–water partition coefficient (Wildman–Crippen LogP) is 1.42. The highest BCUT2D eigenvalue weighted by Crippen LogP contribution is 2.71. The molecule has 0 radical (unpaired) electrons. The maximum Gasteiger partial charge on any atom is 0.302 e. The number of carbonyl (C=O) groups excluding carboxylic acids is 1. The monoisotopic (exact) mass is 896 g/mol. The number of aliphatic hydroxyl groups excluding tert-OH is 7. The minimum Gasteiger partial charge on any atom is -0.462 e. The maximum absolute atomic E-state index is 12.5. The second kappa shape index (κ2) is 17.3. The van der Waals surface area contributed by atoms with Gasteiger partial charge in [0, 0.05) is 37.5 Å². The molecule has 0 aromatic rings. The summed E-state index contributed by atoms with van der Waals surface area (Å²) in [4.78, 5) is 12.5. The average molecular weight is 897 g/mol. The molecule has 4 aliphatic carbocycles. The van der Waals surface area contributed by atoms with E-state index in [-0.39, 0.29) is 30.0 Å². The Labute approximate surface area is 369 Å². The second-order valence-electron chi connectivity index (χ2n) is 21.3. The van der Waals surface area contributed by atoms with Crippen molar-refractivity contribution in [1.82, 2.24) is 0 Å². The van der Waals surface area contributed by atoms with E-state index in [9.17, 15) is 40.5 Å². The van der Waals surface area contributed by atoms with Crippen molar-refractivity contribution in [3.8, 4) is 0 Å². The highest BCUT2D eigenvalue weighted by Gasteiger charge is 2.70. The third-order valence-electron chi connectivity index (χ3n) is 17.6. The van der Waals surface area contributed by atoms with Gasteiger partial charge in [0.1, 0.15) is 61.0 Å². The molecule has 17 heteroatoms. The number of hydrogen-bond donors (Lipinski definition) is 7. The zero-order valence-corrected chi connectivity index (χ0v) is 37.6. The number of carbonyl (C=O) groups is 1. The lowest BCUT2D eigenvalue weighted by Crippen LogP contribution is -2.66. The molecular weight excluding hydrogens is 824 g/mol. The van der Waals surface area contributed by atoms with Crippen molar-refractivity contribution in [2.75, 3.05) is 13.2 Å². The molecular formula is C46H72O17. The molecule has 0 aromatic heterocycles. The van der Waals surface area contributed by atoms with Gasteiger partial charge in [0.25, 0.3) is 0 Å². The van der Waals surface area contributed by atoms with E-state index in [0.717, 1.165) is 50.7 Å². The minimum absolute atomic E-state index is 0.0429. The van der Waals surface area contributed by atoms with E-state index in [4.69, 9.17) is 42.6 Å². The van der Waals surface area contributed by atoms with Gasteiger partial charge >= 0.3 is 5.97 Å². The van der Waals surface area contributed by atoms with Crippen molar-refractivity contribution in [3.63, 3.8) is 0 Å². The summed E-state index contributed by atoms with van der Waals surface area (Å²) in [5.74, 6) is 1.09. The van der Waals surface area contributed by atoms with Crippen LogP contribution in [0.1, 0.15) is 99.8 Å². The molecule has 0 amide bonds. The summed E-state index contributed by atoms with van der Waals surface area (Å²) >= 11 is 0. The Hall–Kier alpha value is -1.39. The van der Waals surface area contributed by atoms with Gasteiger partial charge < -0.3 is 78.4 Å². The fourth-order valence-electron chi connectivity index (χ4n) is 14.1. The second-order valence-corrected chi connectivity index (χ2v) is 21.3. The van der Waals surface area contributed by atoms with Crippen molar-refractivity contribution in [1.29, 1.82) is 0 Å². The van der Waals surface area contributed by atoms with E-state index >= 15 is 0 Å². The van der Waals surface area contributed by atoms with Crippen LogP contribution in [0.5, 0.6) is 0 Å². The highest BCUT2D eigenvalue weighted by molar-refractivity contribution is 5.66. The maximum atomic E-state index is 12.5. The Morgan fingerprint density at radius 2 is 1.44 bits per heavy atom. The third-order valence-corrected chi connectivity index (χ3v) is 17.6. The summed E-state index contributed by atoms with van der Waals surface area (Å²) in [5, 5.41) is 75.8. The van der Waals surface area contributed by atoms with Crippen molar-refractivity contribution < 1.29 is 83.2 Å². The van der Waals surface area contributed by atoms with Crippen molar-refractivity contribution in [2.45, 2.75) is 210 Å². The Bertz CT molecular complexity index is 1690. The van der Waals surface area contributed by atoms with E-state index in [1.807, 2.05) is 0 Å². The Morgan fingerprint density at radius 1 is 0.746 bits per heavy atom. The van der Waals surface area contributed by atoms with Crippen LogP contribution in [0.15, 0.2) is 11.6 Å². The molecule has 358 valence electrons. The summed E-state index contributed by atoms with van der Waals surface area (Å²) in [6, 6.07) is 0. The van der Waals surface area contributed by atoms with Crippen LogP contribution < -0.4 is 0 Å². The van der Waals surface area contributed by atoms with Gasteiger partial charge in [-0.1, -0.05) is 39.3 Å². The van der Waals surface area contributed by atoms with Gasteiger partial charge in [0.15, 0.2) is 24.7 Å². The molecule has 9 aliphatic rings. The first-order valence-corrected chi connectivity index (χ1v) is 23.6. The molecule has 5 heterocycles. The lowest BCUT2D eigenvalue weighted by Gasteiger charge is -2.61. The van der Waals surface area contributed by atoms with Gasteiger partial charge in [-0.25, -0.2) is 0 Å². The molecule has 0 aromatic carbocycles. The minimum atomic E-state index is -1.74. The smallest absolute Gasteiger partial charge is 0.302 e. The zero-order valence-electron chi connectivity index (χ0n) is 37.6. The van der Waals surface area contributed by atoms with Gasteiger partial charge in [-0.2, -0.15) is 0 Å². The van der Waals surface area contributed by atoms with E-state index in [0.29, 0.717) is 36.5 Å². The normalized spacial score (nSPS) is 56.8. The fraction of sp³-hybridized carbons (Fsp3) is 0.935. The molecule has 5 saturated heterocycles. The lowest BCUT2D eigenvalue weighted by atomic mass is 9.46. The molecule has 9 rings (SSSR count). The molecule has 5 aliphatic heterocycles. The zero-order chi connectivity index (χ0) is 45.1. The van der Waals surface area contributed by atoms with Gasteiger partial charge in [0.05, 0.1) is 37.6 Å². The lowest BCUT2D eigenvalue weighted by molar-refractivity contribution is -0.391. The predicted molar refractivity (Wildman–Crippen MR) is 218 cm³/mol. The van der Waals surface area contributed by atoms with Gasteiger partial charge in [-0.15, -0.1) is 0 Å².